The smallest absolute Gasteiger partial charge is 0.0957 e. The maximum Gasteiger partial charge on any atom is 0.0957 e. The minimum atomic E-state index is 0.0371. The number of nitrogens with zero attached hydrogens (tertiary/aromatic N) is 1. The van der Waals surface area contributed by atoms with Gasteiger partial charge in [0.1, 0.15) is 0 Å². The van der Waals surface area contributed by atoms with E-state index in [1.807, 2.05) is 0 Å². The van der Waals surface area contributed by atoms with Gasteiger partial charge in [-0.25, -0.2) is 0 Å². The molecule has 0 spiro atoms. The van der Waals surface area contributed by atoms with Crippen LogP contribution in [0.2, 0.25) is 0 Å². The first-order valence-electron chi connectivity index (χ1n) is 9.74. The Morgan fingerprint density at radius 2 is 2.00 bits per heavy atom. The van der Waals surface area contributed by atoms with E-state index in [-0.39, 0.29) is 6.04 Å². The molecule has 23 heavy (non-hydrogen) atoms. The Morgan fingerprint density at radius 1 is 1.13 bits per heavy atom. The van der Waals surface area contributed by atoms with Crippen LogP contribution in [0.4, 0.5) is 0 Å². The summed E-state index contributed by atoms with van der Waals surface area (Å²) in [4.78, 5) is 11.0. The van der Waals surface area contributed by atoms with Crippen molar-refractivity contribution in [3.8, 4) is 0 Å². The van der Waals surface area contributed by atoms with Crippen LogP contribution < -0.4 is 0 Å². The monoisotopic (exact) mass is 315 g/mol. The van der Waals surface area contributed by atoms with Gasteiger partial charge in [-0.2, -0.15) is 4.91 Å². The quantitative estimate of drug-likeness (QED) is 0.394. The Hall–Kier alpha value is -0.700. The highest BCUT2D eigenvalue weighted by molar-refractivity contribution is 5.26. The first kappa shape index (κ1) is 14.6. The average molecular weight is 315 g/mol. The minimum Gasteiger partial charge on any atom is -0.369 e. The standard InChI is InChI=1S/C20H29NO2/c1-19-9-7-13(21-22)11-12(19)3-4-14-15-5-6-17-18(23-17)20(15,2)10-8-16(14)19/h3,13-18H,4-11H2,1-2H3/t13-,14?,15?,16?,17?,18?,19-,20-/m0/s1. The molecule has 0 amide bonds. The van der Waals surface area contributed by atoms with E-state index in [4.69, 9.17) is 4.74 Å². The molecule has 0 bridgehead atoms. The molecule has 0 radical (unpaired) electrons. The van der Waals surface area contributed by atoms with Crippen molar-refractivity contribution in [1.82, 2.24) is 0 Å². The predicted molar refractivity (Wildman–Crippen MR) is 89.9 cm³/mol. The number of allylic oxidation sites excluding steroid dienone is 1. The number of hydrogen-bond donors (Lipinski definition) is 0. The Morgan fingerprint density at radius 3 is 2.83 bits per heavy atom. The topological polar surface area (TPSA) is 42.0 Å². The van der Waals surface area contributed by atoms with E-state index in [1.54, 1.807) is 5.57 Å². The lowest BCUT2D eigenvalue weighted by Gasteiger charge is -2.59. The zero-order valence-corrected chi connectivity index (χ0v) is 14.5. The van der Waals surface area contributed by atoms with Gasteiger partial charge in [0.15, 0.2) is 0 Å². The van der Waals surface area contributed by atoms with Crippen LogP contribution in [0.15, 0.2) is 16.8 Å². The van der Waals surface area contributed by atoms with Crippen LogP contribution in [0, 0.1) is 33.5 Å². The summed E-state index contributed by atoms with van der Waals surface area (Å²) < 4.78 is 6.03. The van der Waals surface area contributed by atoms with E-state index in [0.29, 0.717) is 23.0 Å². The molecule has 1 aliphatic heterocycles. The Kier molecular flexibility index (Phi) is 2.98. The first-order chi connectivity index (χ1) is 11.1. The van der Waals surface area contributed by atoms with Crippen LogP contribution in [0.25, 0.3) is 0 Å². The van der Waals surface area contributed by atoms with Gasteiger partial charge in [0.25, 0.3) is 0 Å². The van der Waals surface area contributed by atoms with Crippen molar-refractivity contribution in [3.63, 3.8) is 0 Å². The predicted octanol–water partition coefficient (Wildman–Crippen LogP) is 4.85. The molecule has 1 saturated heterocycles. The molecule has 0 N–H and O–H groups in total. The molecule has 4 fully saturated rings. The second-order valence-electron chi connectivity index (χ2n) is 9.48. The lowest BCUT2D eigenvalue weighted by molar-refractivity contribution is -0.0613. The summed E-state index contributed by atoms with van der Waals surface area (Å²) in [5, 5.41) is 3.36. The van der Waals surface area contributed by atoms with Crippen molar-refractivity contribution in [2.24, 2.45) is 33.8 Å². The number of rotatable bonds is 1. The fourth-order valence-electron chi connectivity index (χ4n) is 7.26. The summed E-state index contributed by atoms with van der Waals surface area (Å²) in [6, 6.07) is 0.0371. The third-order valence-corrected chi connectivity index (χ3v) is 8.66. The highest BCUT2D eigenvalue weighted by Crippen LogP contribution is 2.66. The van der Waals surface area contributed by atoms with Crippen molar-refractivity contribution >= 4 is 0 Å². The fraction of sp³-hybridized carbons (Fsp3) is 0.900. The second-order valence-corrected chi connectivity index (χ2v) is 9.48. The Bertz CT molecular complexity index is 572. The zero-order valence-electron chi connectivity index (χ0n) is 14.5. The van der Waals surface area contributed by atoms with E-state index < -0.39 is 0 Å². The molecule has 5 unspecified atom stereocenters. The third-order valence-electron chi connectivity index (χ3n) is 8.66. The molecule has 3 saturated carbocycles. The lowest BCUT2D eigenvalue weighted by Crippen LogP contribution is -2.53. The van der Waals surface area contributed by atoms with E-state index in [0.717, 1.165) is 30.6 Å². The summed E-state index contributed by atoms with van der Waals surface area (Å²) in [7, 11) is 0. The van der Waals surface area contributed by atoms with Gasteiger partial charge >= 0.3 is 0 Å². The SMILES string of the molecule is C[C@]12CCC3C(CC=C4C[C@@H](N=O)CC[C@@]43C)C1CCC1OC12. The van der Waals surface area contributed by atoms with Gasteiger partial charge in [-0.3, -0.25) is 0 Å². The third kappa shape index (κ3) is 1.86. The Labute approximate surface area is 139 Å². The van der Waals surface area contributed by atoms with Gasteiger partial charge < -0.3 is 4.74 Å². The van der Waals surface area contributed by atoms with Gasteiger partial charge in [-0.15, -0.1) is 0 Å². The summed E-state index contributed by atoms with van der Waals surface area (Å²) in [5.41, 5.74) is 2.34. The highest BCUT2D eigenvalue weighted by atomic mass is 16.6. The molecule has 3 heteroatoms. The van der Waals surface area contributed by atoms with Crippen LogP contribution >= 0.6 is 0 Å². The van der Waals surface area contributed by atoms with Crippen LogP contribution in [0.3, 0.4) is 0 Å². The fourth-order valence-corrected chi connectivity index (χ4v) is 7.26. The molecular formula is C20H29NO2. The normalized spacial score (nSPS) is 57.2. The number of hydrogen-bond acceptors (Lipinski definition) is 3. The van der Waals surface area contributed by atoms with Crippen molar-refractivity contribution in [3.05, 3.63) is 16.6 Å². The average Bonchev–Trinajstić information content (AvgIpc) is 3.34. The van der Waals surface area contributed by atoms with E-state index in [2.05, 4.69) is 25.1 Å². The molecule has 0 aromatic carbocycles. The molecule has 0 aromatic rings. The molecule has 5 rings (SSSR count). The van der Waals surface area contributed by atoms with Crippen molar-refractivity contribution in [2.75, 3.05) is 0 Å². The maximum atomic E-state index is 11.0. The molecule has 126 valence electrons. The van der Waals surface area contributed by atoms with Gasteiger partial charge in [0.05, 0.1) is 18.2 Å². The number of ether oxygens (including phenoxy) is 1. The Balaban J connectivity index is 1.47. The maximum absolute atomic E-state index is 11.0. The summed E-state index contributed by atoms with van der Waals surface area (Å²) in [6.07, 6.45) is 13.4. The van der Waals surface area contributed by atoms with E-state index in [1.165, 1.54) is 38.5 Å². The largest absolute Gasteiger partial charge is 0.369 e. The number of fused-ring (bicyclic) bond motifs is 7. The van der Waals surface area contributed by atoms with Crippen molar-refractivity contribution < 1.29 is 4.74 Å². The van der Waals surface area contributed by atoms with Crippen LogP contribution in [0.5, 0.6) is 0 Å². The molecule has 3 nitrogen and oxygen atoms in total. The van der Waals surface area contributed by atoms with Crippen LogP contribution in [0.1, 0.15) is 65.2 Å². The van der Waals surface area contributed by atoms with Gasteiger partial charge in [-0.1, -0.05) is 30.7 Å². The number of epoxide rings is 1. The van der Waals surface area contributed by atoms with Crippen LogP contribution in [-0.4, -0.2) is 18.2 Å². The summed E-state index contributed by atoms with van der Waals surface area (Å²) in [6.45, 7) is 5.02. The van der Waals surface area contributed by atoms with Crippen LogP contribution in [-0.2, 0) is 4.74 Å². The molecule has 1 heterocycles. The molecule has 4 aliphatic carbocycles. The first-order valence-corrected chi connectivity index (χ1v) is 9.74. The van der Waals surface area contributed by atoms with Crippen molar-refractivity contribution in [1.29, 1.82) is 0 Å². The molecular weight excluding hydrogens is 286 g/mol. The highest BCUT2D eigenvalue weighted by Gasteiger charge is 2.64. The minimum absolute atomic E-state index is 0.0371. The van der Waals surface area contributed by atoms with Gasteiger partial charge in [0, 0.05) is 0 Å². The number of nitroso groups, excluding NO2 is 1. The summed E-state index contributed by atoms with van der Waals surface area (Å²) >= 11 is 0. The van der Waals surface area contributed by atoms with E-state index >= 15 is 0 Å². The van der Waals surface area contributed by atoms with Gasteiger partial charge in [0.2, 0.25) is 0 Å². The molecule has 5 aliphatic rings. The molecule has 8 atom stereocenters. The molecule has 0 aromatic heterocycles. The van der Waals surface area contributed by atoms with Crippen molar-refractivity contribution in [2.45, 2.75) is 83.5 Å². The summed E-state index contributed by atoms with van der Waals surface area (Å²) in [5.74, 6) is 2.51. The zero-order chi connectivity index (χ0) is 15.8. The lowest BCUT2D eigenvalue weighted by atomic mass is 9.45. The second kappa shape index (κ2) is 4.68. The van der Waals surface area contributed by atoms with E-state index in [9.17, 15) is 4.91 Å². The van der Waals surface area contributed by atoms with Gasteiger partial charge in [-0.05, 0) is 80.0 Å².